The van der Waals surface area contributed by atoms with E-state index in [2.05, 4.69) is 36.6 Å². The van der Waals surface area contributed by atoms with Gasteiger partial charge in [0.2, 0.25) is 5.95 Å². The van der Waals surface area contributed by atoms with E-state index in [-0.39, 0.29) is 23.2 Å². The molecular formula is C29H34F2N8. The van der Waals surface area contributed by atoms with Crippen LogP contribution in [0.4, 0.5) is 20.5 Å². The maximum absolute atomic E-state index is 15.0. The zero-order valence-corrected chi connectivity index (χ0v) is 22.6. The number of nitrogens with zero attached hydrogens (tertiary/aromatic N) is 6. The number of halogens is 2. The third-order valence-electron chi connectivity index (χ3n) is 7.80. The largest absolute Gasteiger partial charge is 0.326 e. The van der Waals surface area contributed by atoms with Crippen LogP contribution in [0.2, 0.25) is 0 Å². The molecule has 0 aliphatic carbocycles. The number of pyridine rings is 1. The van der Waals surface area contributed by atoms with Crippen LogP contribution in [0, 0.1) is 24.5 Å². The highest BCUT2D eigenvalue weighted by Gasteiger charge is 2.23. The van der Waals surface area contributed by atoms with Crippen LogP contribution in [0.15, 0.2) is 30.5 Å². The van der Waals surface area contributed by atoms with Gasteiger partial charge in [0.25, 0.3) is 0 Å². The lowest BCUT2D eigenvalue weighted by atomic mass is 9.96. The molecule has 8 nitrogen and oxygen atoms in total. The highest BCUT2D eigenvalue weighted by Crippen LogP contribution is 2.31. The summed E-state index contributed by atoms with van der Waals surface area (Å²) in [5, 5.41) is 6.56. The lowest BCUT2D eigenvalue weighted by molar-refractivity contribution is 0.190. The monoisotopic (exact) mass is 532 g/mol. The van der Waals surface area contributed by atoms with Crippen LogP contribution in [-0.2, 0) is 13.0 Å². The zero-order chi connectivity index (χ0) is 27.1. The average molecular weight is 533 g/mol. The molecule has 3 aromatic heterocycles. The Bertz CT molecular complexity index is 1510. The standard InChI is InChI=1S/C29H34F2N8/c1-17(2)39-18(3)34-28-22(30)12-21(13-25(28)39)27-23(31)14-33-29(37-27)36-26-5-4-20-16-38(11-8-24(20)35-26)15-19-6-9-32-10-7-19/h4-5,12-14,17,19,32H,6-11,15-16H2,1-3H3,(H,33,35,36,37). The molecule has 2 aliphatic rings. The van der Waals surface area contributed by atoms with Gasteiger partial charge in [-0.1, -0.05) is 6.07 Å². The Labute approximate surface area is 226 Å². The van der Waals surface area contributed by atoms with Crippen molar-refractivity contribution in [2.24, 2.45) is 5.92 Å². The van der Waals surface area contributed by atoms with E-state index < -0.39 is 11.6 Å². The van der Waals surface area contributed by atoms with Gasteiger partial charge in [0.1, 0.15) is 22.9 Å². The number of anilines is 2. The number of nitrogens with one attached hydrogen (secondary N) is 2. The van der Waals surface area contributed by atoms with Crippen LogP contribution in [0.25, 0.3) is 22.3 Å². The first-order chi connectivity index (χ1) is 18.9. The van der Waals surface area contributed by atoms with E-state index in [4.69, 9.17) is 4.98 Å². The zero-order valence-electron chi connectivity index (χ0n) is 22.6. The lowest BCUT2D eigenvalue weighted by Gasteiger charge is -2.33. The predicted octanol–water partition coefficient (Wildman–Crippen LogP) is 5.16. The second-order valence-electron chi connectivity index (χ2n) is 10.9. The summed E-state index contributed by atoms with van der Waals surface area (Å²) < 4.78 is 31.8. The minimum absolute atomic E-state index is 0.0222. The molecule has 204 valence electrons. The number of aryl methyl sites for hydroxylation is 1. The van der Waals surface area contributed by atoms with Crippen LogP contribution < -0.4 is 10.6 Å². The van der Waals surface area contributed by atoms with Gasteiger partial charge >= 0.3 is 0 Å². The maximum Gasteiger partial charge on any atom is 0.229 e. The molecule has 0 amide bonds. The molecule has 0 spiro atoms. The molecular weight excluding hydrogens is 498 g/mol. The molecule has 1 fully saturated rings. The van der Waals surface area contributed by atoms with Crippen LogP contribution in [0.3, 0.4) is 0 Å². The van der Waals surface area contributed by atoms with E-state index in [0.29, 0.717) is 22.7 Å². The minimum Gasteiger partial charge on any atom is -0.326 e. The number of rotatable bonds is 6. The maximum atomic E-state index is 15.0. The van der Waals surface area contributed by atoms with Crippen molar-refractivity contribution in [3.05, 3.63) is 59.2 Å². The molecule has 0 bridgehead atoms. The SMILES string of the molecule is Cc1nc2c(F)cc(-c3nc(Nc4ccc5c(n4)CCN(CC4CCNCC4)C5)ncc3F)cc2n1C(C)C. The van der Waals surface area contributed by atoms with Gasteiger partial charge in [-0.3, -0.25) is 4.90 Å². The van der Waals surface area contributed by atoms with E-state index >= 15 is 4.39 Å². The Hall–Kier alpha value is -3.50. The van der Waals surface area contributed by atoms with Crippen LogP contribution in [0.5, 0.6) is 0 Å². The van der Waals surface area contributed by atoms with Crippen molar-refractivity contribution in [1.82, 2.24) is 34.7 Å². The van der Waals surface area contributed by atoms with Gasteiger partial charge in [0.15, 0.2) is 11.6 Å². The fourth-order valence-corrected chi connectivity index (χ4v) is 5.93. The molecule has 1 aromatic carbocycles. The third-order valence-corrected chi connectivity index (χ3v) is 7.80. The summed E-state index contributed by atoms with van der Waals surface area (Å²) in [5.41, 5.74) is 3.53. The van der Waals surface area contributed by atoms with Crippen molar-refractivity contribution < 1.29 is 8.78 Å². The normalized spacial score (nSPS) is 16.7. The molecule has 0 radical (unpaired) electrons. The number of hydrogen-bond donors (Lipinski definition) is 2. The molecule has 5 heterocycles. The number of piperidine rings is 1. The molecule has 6 rings (SSSR count). The molecule has 39 heavy (non-hydrogen) atoms. The van der Waals surface area contributed by atoms with Gasteiger partial charge < -0.3 is 15.2 Å². The van der Waals surface area contributed by atoms with Gasteiger partial charge in [-0.15, -0.1) is 0 Å². The first-order valence-corrected chi connectivity index (χ1v) is 13.8. The summed E-state index contributed by atoms with van der Waals surface area (Å²) in [6.07, 6.45) is 4.47. The summed E-state index contributed by atoms with van der Waals surface area (Å²) in [5.74, 6) is 1.14. The van der Waals surface area contributed by atoms with E-state index in [9.17, 15) is 4.39 Å². The van der Waals surface area contributed by atoms with Gasteiger partial charge in [-0.25, -0.2) is 28.7 Å². The molecule has 4 aromatic rings. The first kappa shape index (κ1) is 25.8. The van der Waals surface area contributed by atoms with Crippen LogP contribution >= 0.6 is 0 Å². The summed E-state index contributed by atoms with van der Waals surface area (Å²) in [6, 6.07) is 7.10. The van der Waals surface area contributed by atoms with Crippen LogP contribution in [-0.4, -0.2) is 55.6 Å². The van der Waals surface area contributed by atoms with E-state index in [0.717, 1.165) is 57.0 Å². The summed E-state index contributed by atoms with van der Waals surface area (Å²) in [7, 11) is 0. The molecule has 1 saturated heterocycles. The number of fused-ring (bicyclic) bond motifs is 2. The number of benzene rings is 1. The number of hydrogen-bond acceptors (Lipinski definition) is 7. The highest BCUT2D eigenvalue weighted by molar-refractivity contribution is 5.83. The fraction of sp³-hybridized carbons (Fsp3) is 0.448. The van der Waals surface area contributed by atoms with E-state index in [1.54, 1.807) is 6.07 Å². The van der Waals surface area contributed by atoms with Gasteiger partial charge in [-0.05, 0) is 76.4 Å². The molecule has 2 aliphatic heterocycles. The van der Waals surface area contributed by atoms with Gasteiger partial charge in [-0.2, -0.15) is 0 Å². The van der Waals surface area contributed by atoms with Gasteiger partial charge in [0, 0.05) is 43.4 Å². The summed E-state index contributed by atoms with van der Waals surface area (Å²) in [6.45, 7) is 11.1. The molecule has 10 heteroatoms. The van der Waals surface area contributed by atoms with Crippen LogP contribution in [0.1, 0.15) is 49.8 Å². The second kappa shape index (κ2) is 10.6. The Morgan fingerprint density at radius 3 is 2.69 bits per heavy atom. The van der Waals surface area contributed by atoms with Crippen molar-refractivity contribution in [3.8, 4) is 11.3 Å². The Kier molecular flexibility index (Phi) is 6.99. The topological polar surface area (TPSA) is 83.8 Å². The molecule has 0 unspecified atom stereocenters. The minimum atomic E-state index is -0.626. The predicted molar refractivity (Wildman–Crippen MR) is 148 cm³/mol. The van der Waals surface area contributed by atoms with E-state index in [1.807, 2.05) is 31.4 Å². The first-order valence-electron chi connectivity index (χ1n) is 13.8. The van der Waals surface area contributed by atoms with Crippen molar-refractivity contribution in [1.29, 1.82) is 0 Å². The van der Waals surface area contributed by atoms with Crippen molar-refractivity contribution in [2.45, 2.75) is 52.6 Å². The smallest absolute Gasteiger partial charge is 0.229 e. The highest BCUT2D eigenvalue weighted by atomic mass is 19.1. The molecule has 0 saturated carbocycles. The third kappa shape index (κ3) is 5.23. The Morgan fingerprint density at radius 2 is 1.90 bits per heavy atom. The van der Waals surface area contributed by atoms with Gasteiger partial charge in [0.05, 0.1) is 11.7 Å². The van der Waals surface area contributed by atoms with Crippen molar-refractivity contribution >= 4 is 22.8 Å². The lowest BCUT2D eigenvalue weighted by Crippen LogP contribution is -2.38. The Morgan fingerprint density at radius 1 is 1.08 bits per heavy atom. The Balaban J connectivity index is 1.22. The molecule has 0 atom stereocenters. The summed E-state index contributed by atoms with van der Waals surface area (Å²) >= 11 is 0. The van der Waals surface area contributed by atoms with Crippen molar-refractivity contribution in [3.63, 3.8) is 0 Å². The number of aromatic nitrogens is 5. The average Bonchev–Trinajstić information content (AvgIpc) is 3.27. The quantitative estimate of drug-likeness (QED) is 0.355. The fourth-order valence-electron chi connectivity index (χ4n) is 5.93. The second-order valence-corrected chi connectivity index (χ2v) is 10.9. The van der Waals surface area contributed by atoms with E-state index in [1.165, 1.54) is 24.5 Å². The summed E-state index contributed by atoms with van der Waals surface area (Å²) in [4.78, 5) is 20.2. The van der Waals surface area contributed by atoms with Crippen molar-refractivity contribution in [2.75, 3.05) is 31.5 Å². The number of imidazole rings is 1. The molecule has 2 N–H and O–H groups in total.